The van der Waals surface area contributed by atoms with Crippen LogP contribution in [0.4, 0.5) is 31.1 Å². The highest BCUT2D eigenvalue weighted by atomic mass is 35.5. The Labute approximate surface area is 181 Å². The second-order valence-corrected chi connectivity index (χ2v) is 8.33. The topological polar surface area (TPSA) is 72.9 Å². The molecule has 1 atom stereocenters. The van der Waals surface area contributed by atoms with Crippen LogP contribution in [0.2, 0.25) is 5.02 Å². The average Bonchev–Trinajstić information content (AvgIpc) is 2.65. The second kappa shape index (κ2) is 10.4. The number of halogens is 7. The third kappa shape index (κ3) is 7.81. The van der Waals surface area contributed by atoms with E-state index in [1.807, 2.05) is 0 Å². The molecule has 0 aromatic heterocycles. The molecule has 2 rings (SSSR count). The summed E-state index contributed by atoms with van der Waals surface area (Å²) in [6, 6.07) is 6.50. The monoisotopic (exact) mass is 495 g/mol. The van der Waals surface area contributed by atoms with Crippen LogP contribution in [-0.4, -0.2) is 62.2 Å². The second-order valence-electron chi connectivity index (χ2n) is 6.94. The van der Waals surface area contributed by atoms with Gasteiger partial charge in [0.25, 0.3) is 6.10 Å². The van der Waals surface area contributed by atoms with Crippen molar-refractivity contribution in [2.75, 3.05) is 19.6 Å². The summed E-state index contributed by atoms with van der Waals surface area (Å²) < 4.78 is 103. The smallest absolute Gasteiger partial charge is 0.434 e. The number of alkyl halides is 6. The Morgan fingerprint density at radius 2 is 1.68 bits per heavy atom. The molecule has 14 heteroatoms. The molecule has 176 valence electrons. The molecule has 1 aromatic carbocycles. The van der Waals surface area contributed by atoms with Crippen LogP contribution in [0.5, 0.6) is 0 Å². The Morgan fingerprint density at radius 3 is 2.13 bits per heavy atom. The van der Waals surface area contributed by atoms with E-state index in [4.69, 9.17) is 11.6 Å². The van der Waals surface area contributed by atoms with Crippen molar-refractivity contribution in [1.82, 2.24) is 9.21 Å². The van der Waals surface area contributed by atoms with Gasteiger partial charge in [0.2, 0.25) is 0 Å². The average molecular weight is 496 g/mol. The number of carbonyl (C=O) groups excluding carboxylic acids is 1. The van der Waals surface area contributed by atoms with Crippen molar-refractivity contribution in [3.63, 3.8) is 0 Å². The van der Waals surface area contributed by atoms with Gasteiger partial charge in [0.05, 0.1) is 0 Å². The van der Waals surface area contributed by atoms with E-state index >= 15 is 0 Å². The molecule has 1 amide bonds. The maximum absolute atomic E-state index is 12.5. The van der Waals surface area contributed by atoms with E-state index in [1.54, 1.807) is 24.3 Å². The van der Waals surface area contributed by atoms with Crippen LogP contribution in [0.1, 0.15) is 18.4 Å². The summed E-state index contributed by atoms with van der Waals surface area (Å²) in [5, 5.41) is 0.482. The highest BCUT2D eigenvalue weighted by molar-refractivity contribution is 7.76. The molecular weight excluding hydrogens is 478 g/mol. The quantitative estimate of drug-likeness (QED) is 0.436. The maximum atomic E-state index is 12.5. The number of hydrogen-bond acceptors (Lipinski definition) is 4. The third-order valence-corrected chi connectivity index (χ3v) is 5.58. The van der Waals surface area contributed by atoms with E-state index in [-0.39, 0.29) is 44.9 Å². The van der Waals surface area contributed by atoms with E-state index in [0.717, 1.165) is 9.21 Å². The molecule has 1 aromatic rings. The number of piperidine rings is 1. The Bertz CT molecular complexity index is 755. The molecule has 1 unspecified atom stereocenters. The summed E-state index contributed by atoms with van der Waals surface area (Å²) in [5.74, 6) is -0.240. The molecule has 1 heterocycles. The lowest BCUT2D eigenvalue weighted by Crippen LogP contribution is -2.49. The summed E-state index contributed by atoms with van der Waals surface area (Å²) in [6.07, 6.45) is -17.1. The van der Waals surface area contributed by atoms with Crippen LogP contribution in [0.15, 0.2) is 24.3 Å². The van der Waals surface area contributed by atoms with E-state index in [1.165, 1.54) is 0 Å². The van der Waals surface area contributed by atoms with Gasteiger partial charge in [-0.2, -0.15) is 26.3 Å². The minimum Gasteiger partial charge on any atom is -0.760 e. The molecule has 0 radical (unpaired) electrons. The molecule has 1 aliphatic rings. The predicted octanol–water partition coefficient (Wildman–Crippen LogP) is 4.28. The molecular formula is C17H18ClF6N2O4S-. The van der Waals surface area contributed by atoms with Crippen molar-refractivity contribution in [2.24, 2.45) is 5.92 Å². The van der Waals surface area contributed by atoms with Crippen LogP contribution in [0.25, 0.3) is 0 Å². The number of hydrogen-bond donors (Lipinski definition) is 0. The number of rotatable bonds is 6. The zero-order valence-corrected chi connectivity index (χ0v) is 17.4. The third-order valence-electron chi connectivity index (χ3n) is 4.63. The maximum Gasteiger partial charge on any atom is 0.434 e. The highest BCUT2D eigenvalue weighted by Gasteiger charge is 2.60. The molecule has 1 aliphatic heterocycles. The van der Waals surface area contributed by atoms with Gasteiger partial charge in [-0.3, -0.25) is 4.21 Å². The van der Waals surface area contributed by atoms with Gasteiger partial charge in [0.15, 0.2) is 0 Å². The fraction of sp³-hybridized carbons (Fsp3) is 0.588. The molecule has 0 bridgehead atoms. The minimum atomic E-state index is -5.79. The van der Waals surface area contributed by atoms with E-state index in [0.29, 0.717) is 10.6 Å². The largest absolute Gasteiger partial charge is 0.760 e. The lowest BCUT2D eigenvalue weighted by atomic mass is 9.97. The summed E-state index contributed by atoms with van der Waals surface area (Å²) in [4.78, 5) is 12.5. The zero-order chi connectivity index (χ0) is 23.4. The van der Waals surface area contributed by atoms with Crippen molar-refractivity contribution < 1.29 is 44.6 Å². The van der Waals surface area contributed by atoms with Crippen LogP contribution in [-0.2, 0) is 22.5 Å². The van der Waals surface area contributed by atoms with Crippen molar-refractivity contribution in [3.05, 3.63) is 34.9 Å². The van der Waals surface area contributed by atoms with Gasteiger partial charge in [0.1, 0.15) is 0 Å². The first-order valence-corrected chi connectivity index (χ1v) is 10.4. The van der Waals surface area contributed by atoms with Crippen LogP contribution < -0.4 is 0 Å². The zero-order valence-electron chi connectivity index (χ0n) is 15.8. The summed E-state index contributed by atoms with van der Waals surface area (Å²) >= 11 is 3.22. The first-order chi connectivity index (χ1) is 14.3. The first kappa shape index (κ1) is 25.7. The van der Waals surface area contributed by atoms with Gasteiger partial charge < -0.3 is 14.2 Å². The number of likely N-dealkylation sites (tertiary alicyclic amines) is 1. The molecule has 0 saturated carbocycles. The fourth-order valence-corrected chi connectivity index (χ4v) is 3.77. The van der Waals surface area contributed by atoms with Gasteiger partial charge in [0, 0.05) is 42.5 Å². The molecule has 0 N–H and O–H groups in total. The van der Waals surface area contributed by atoms with E-state index in [2.05, 4.69) is 4.74 Å². The Balaban J connectivity index is 1.91. The van der Waals surface area contributed by atoms with Crippen molar-refractivity contribution in [3.8, 4) is 0 Å². The first-order valence-electron chi connectivity index (χ1n) is 8.95. The van der Waals surface area contributed by atoms with E-state index < -0.39 is 35.8 Å². The van der Waals surface area contributed by atoms with Crippen molar-refractivity contribution in [2.45, 2.75) is 37.8 Å². The summed E-state index contributed by atoms with van der Waals surface area (Å²) in [5.41, 5.74) is 0.681. The number of benzene rings is 1. The molecule has 6 nitrogen and oxygen atoms in total. The standard InChI is InChI=1S/C17H19ClF6N2O4S/c18-13-3-1-11(2-4-13)9-26(31(28)29)10-12-5-7-25(8-6-12)15(27)30-14(16(19,20)21)17(22,23)24/h1-4,12,14H,5-10H2,(H,28,29)/p-1. The van der Waals surface area contributed by atoms with Crippen LogP contribution in [0, 0.1) is 5.92 Å². The molecule has 1 saturated heterocycles. The molecule has 31 heavy (non-hydrogen) atoms. The number of nitrogens with zero attached hydrogens (tertiary/aromatic N) is 2. The Kier molecular flexibility index (Phi) is 8.59. The summed E-state index contributed by atoms with van der Waals surface area (Å²) in [7, 11) is 0. The summed E-state index contributed by atoms with van der Waals surface area (Å²) in [6.45, 7) is -0.178. The van der Waals surface area contributed by atoms with Crippen molar-refractivity contribution >= 4 is 29.0 Å². The van der Waals surface area contributed by atoms with E-state index in [9.17, 15) is 39.9 Å². The van der Waals surface area contributed by atoms with Gasteiger partial charge in [-0.05, 0) is 36.5 Å². The molecule has 0 aliphatic carbocycles. The lowest BCUT2D eigenvalue weighted by molar-refractivity contribution is -0.308. The number of amides is 1. The highest BCUT2D eigenvalue weighted by Crippen LogP contribution is 2.36. The lowest BCUT2D eigenvalue weighted by Gasteiger charge is -2.35. The SMILES string of the molecule is O=C(OC(C(F)(F)F)C(F)(F)F)N1CCC(CN(Cc2ccc(Cl)cc2)S(=O)[O-])CC1. The number of ether oxygens (including phenoxy) is 1. The van der Waals surface area contributed by atoms with Gasteiger partial charge in [-0.15, -0.1) is 0 Å². The minimum absolute atomic E-state index is 0.0639. The fourth-order valence-electron chi connectivity index (χ4n) is 3.05. The van der Waals surface area contributed by atoms with Gasteiger partial charge >= 0.3 is 18.4 Å². The molecule has 0 spiro atoms. The normalized spacial score (nSPS) is 17.3. The van der Waals surface area contributed by atoms with Gasteiger partial charge in [-0.25, -0.2) is 9.10 Å². The Hall–Kier alpha value is -1.57. The van der Waals surface area contributed by atoms with Gasteiger partial charge in [-0.1, -0.05) is 23.7 Å². The predicted molar refractivity (Wildman–Crippen MR) is 97.5 cm³/mol. The van der Waals surface area contributed by atoms with Crippen LogP contribution >= 0.6 is 11.6 Å². The molecule has 1 fully saturated rings. The number of carbonyl (C=O) groups is 1. The van der Waals surface area contributed by atoms with Crippen LogP contribution in [0.3, 0.4) is 0 Å². The Morgan fingerprint density at radius 1 is 1.16 bits per heavy atom. The van der Waals surface area contributed by atoms with Crippen molar-refractivity contribution in [1.29, 1.82) is 0 Å².